The maximum atomic E-state index is 12.0. The Hall–Kier alpha value is -2.24. The number of amides is 2. The number of methoxy groups -OCH3 is 1. The van der Waals surface area contributed by atoms with E-state index in [1.807, 2.05) is 13.8 Å². The fourth-order valence-electron chi connectivity index (χ4n) is 1.74. The average molecular weight is 294 g/mol. The highest BCUT2D eigenvalue weighted by Crippen LogP contribution is 2.16. The Morgan fingerprint density at radius 2 is 2.00 bits per heavy atom. The summed E-state index contributed by atoms with van der Waals surface area (Å²) < 4.78 is 10.0. The zero-order valence-corrected chi connectivity index (χ0v) is 12.8. The molecule has 1 atom stereocenters. The summed E-state index contributed by atoms with van der Waals surface area (Å²) in [5.41, 5.74) is 0.582. The van der Waals surface area contributed by atoms with E-state index in [1.54, 1.807) is 38.3 Å². The second-order valence-electron chi connectivity index (χ2n) is 4.80. The van der Waals surface area contributed by atoms with Crippen molar-refractivity contribution in [3.05, 3.63) is 24.3 Å². The predicted molar refractivity (Wildman–Crippen MR) is 80.4 cm³/mol. The van der Waals surface area contributed by atoms with Crippen molar-refractivity contribution in [3.63, 3.8) is 0 Å². The molecule has 6 heteroatoms. The van der Waals surface area contributed by atoms with Crippen LogP contribution < -0.4 is 15.4 Å². The molecule has 21 heavy (non-hydrogen) atoms. The van der Waals surface area contributed by atoms with Crippen LogP contribution in [0.15, 0.2) is 24.3 Å². The molecule has 0 fully saturated rings. The van der Waals surface area contributed by atoms with E-state index in [1.165, 1.54) is 0 Å². The van der Waals surface area contributed by atoms with Crippen LogP contribution in [0.2, 0.25) is 0 Å². The van der Waals surface area contributed by atoms with E-state index < -0.39 is 18.0 Å². The standard InChI is InChI=1S/C15H22N2O4/c1-5-21-14(18)13(10(2)3)17-15(19)16-11-7-6-8-12(9-11)20-4/h6-10,13H,5H2,1-4H3,(H2,16,17,19). The van der Waals surface area contributed by atoms with Gasteiger partial charge in [-0.15, -0.1) is 0 Å². The average Bonchev–Trinajstić information content (AvgIpc) is 2.44. The maximum Gasteiger partial charge on any atom is 0.328 e. The van der Waals surface area contributed by atoms with Gasteiger partial charge in [-0.2, -0.15) is 0 Å². The molecule has 1 rings (SSSR count). The highest BCUT2D eigenvalue weighted by atomic mass is 16.5. The van der Waals surface area contributed by atoms with E-state index in [0.717, 1.165) is 0 Å². The van der Waals surface area contributed by atoms with Gasteiger partial charge in [-0.1, -0.05) is 19.9 Å². The van der Waals surface area contributed by atoms with Gasteiger partial charge in [-0.25, -0.2) is 9.59 Å². The lowest BCUT2D eigenvalue weighted by Crippen LogP contribution is -2.47. The molecule has 0 bridgehead atoms. The minimum absolute atomic E-state index is 0.0693. The molecule has 0 aliphatic carbocycles. The van der Waals surface area contributed by atoms with Crippen molar-refractivity contribution < 1.29 is 19.1 Å². The highest BCUT2D eigenvalue weighted by molar-refractivity contribution is 5.92. The first-order chi connectivity index (χ1) is 9.97. The molecule has 1 aromatic carbocycles. The number of hydrogen-bond donors (Lipinski definition) is 2. The molecule has 1 aromatic rings. The predicted octanol–water partition coefficient (Wildman–Crippen LogP) is 2.40. The van der Waals surface area contributed by atoms with Crippen LogP contribution in [0.3, 0.4) is 0 Å². The smallest absolute Gasteiger partial charge is 0.328 e. The topological polar surface area (TPSA) is 76.7 Å². The molecule has 0 spiro atoms. The van der Waals surface area contributed by atoms with Gasteiger partial charge in [0, 0.05) is 11.8 Å². The van der Waals surface area contributed by atoms with Crippen LogP contribution in [0.5, 0.6) is 5.75 Å². The second-order valence-corrected chi connectivity index (χ2v) is 4.80. The molecule has 6 nitrogen and oxygen atoms in total. The molecule has 0 saturated heterocycles. The number of carbonyl (C=O) groups excluding carboxylic acids is 2. The fourth-order valence-corrected chi connectivity index (χ4v) is 1.74. The summed E-state index contributed by atoms with van der Waals surface area (Å²) in [6.45, 7) is 5.69. The van der Waals surface area contributed by atoms with Gasteiger partial charge in [-0.3, -0.25) is 0 Å². The fraction of sp³-hybridized carbons (Fsp3) is 0.467. The van der Waals surface area contributed by atoms with E-state index in [-0.39, 0.29) is 12.5 Å². The van der Waals surface area contributed by atoms with Crippen molar-refractivity contribution >= 4 is 17.7 Å². The van der Waals surface area contributed by atoms with E-state index in [2.05, 4.69) is 10.6 Å². The molecule has 0 radical (unpaired) electrons. The Bertz CT molecular complexity index is 488. The Morgan fingerprint density at radius 3 is 2.57 bits per heavy atom. The molecule has 1 unspecified atom stereocenters. The van der Waals surface area contributed by atoms with Crippen LogP contribution in [0, 0.1) is 5.92 Å². The number of hydrogen-bond acceptors (Lipinski definition) is 4. The second kappa shape index (κ2) is 8.14. The summed E-state index contributed by atoms with van der Waals surface area (Å²) in [6, 6.07) is 5.81. The molecule has 0 aliphatic rings. The van der Waals surface area contributed by atoms with Gasteiger partial charge in [-0.05, 0) is 25.0 Å². The Labute approximate surface area is 124 Å². The molecule has 0 aromatic heterocycles. The van der Waals surface area contributed by atoms with Crippen LogP contribution >= 0.6 is 0 Å². The largest absolute Gasteiger partial charge is 0.497 e. The van der Waals surface area contributed by atoms with Gasteiger partial charge >= 0.3 is 12.0 Å². The van der Waals surface area contributed by atoms with Gasteiger partial charge in [0.05, 0.1) is 13.7 Å². The summed E-state index contributed by atoms with van der Waals surface area (Å²) in [6.07, 6.45) is 0. The number of ether oxygens (including phenoxy) is 2. The van der Waals surface area contributed by atoms with Crippen molar-refractivity contribution in [1.82, 2.24) is 5.32 Å². The summed E-state index contributed by atoms with van der Waals surface area (Å²) in [7, 11) is 1.55. The minimum atomic E-state index is -0.685. The van der Waals surface area contributed by atoms with Crippen LogP contribution in [0.25, 0.3) is 0 Å². The van der Waals surface area contributed by atoms with E-state index >= 15 is 0 Å². The number of benzene rings is 1. The van der Waals surface area contributed by atoms with E-state index in [0.29, 0.717) is 11.4 Å². The van der Waals surface area contributed by atoms with E-state index in [9.17, 15) is 9.59 Å². The molecule has 0 saturated carbocycles. The van der Waals surface area contributed by atoms with Gasteiger partial charge in [0.15, 0.2) is 0 Å². The monoisotopic (exact) mass is 294 g/mol. The lowest BCUT2D eigenvalue weighted by molar-refractivity contribution is -0.146. The number of anilines is 1. The first kappa shape index (κ1) is 16.8. The van der Waals surface area contributed by atoms with Gasteiger partial charge < -0.3 is 20.1 Å². The summed E-state index contributed by atoms with van der Waals surface area (Å²) in [4.78, 5) is 23.8. The van der Waals surface area contributed by atoms with Gasteiger partial charge in [0.2, 0.25) is 0 Å². The zero-order chi connectivity index (χ0) is 15.8. The summed E-state index contributed by atoms with van der Waals surface area (Å²) >= 11 is 0. The number of esters is 1. The number of nitrogens with one attached hydrogen (secondary N) is 2. The van der Waals surface area contributed by atoms with Crippen LogP contribution in [0.4, 0.5) is 10.5 Å². The van der Waals surface area contributed by atoms with E-state index in [4.69, 9.17) is 9.47 Å². The van der Waals surface area contributed by atoms with Crippen molar-refractivity contribution in [2.45, 2.75) is 26.8 Å². The number of rotatable bonds is 6. The Morgan fingerprint density at radius 1 is 1.29 bits per heavy atom. The third-order valence-corrected chi connectivity index (χ3v) is 2.82. The van der Waals surface area contributed by atoms with Crippen LogP contribution in [0.1, 0.15) is 20.8 Å². The third-order valence-electron chi connectivity index (χ3n) is 2.82. The lowest BCUT2D eigenvalue weighted by atomic mass is 10.1. The lowest BCUT2D eigenvalue weighted by Gasteiger charge is -2.20. The van der Waals surface area contributed by atoms with Crippen LogP contribution in [-0.4, -0.2) is 31.8 Å². The molecule has 0 aliphatic heterocycles. The summed E-state index contributed by atoms with van der Waals surface area (Å²) in [5, 5.41) is 5.28. The quantitative estimate of drug-likeness (QED) is 0.790. The molecular formula is C15H22N2O4. The third kappa shape index (κ3) is 5.33. The van der Waals surface area contributed by atoms with Gasteiger partial charge in [0.1, 0.15) is 11.8 Å². The molecule has 2 N–H and O–H groups in total. The highest BCUT2D eigenvalue weighted by Gasteiger charge is 2.25. The summed E-state index contributed by atoms with van der Waals surface area (Å²) in [5.74, 6) is 0.131. The maximum absolute atomic E-state index is 12.0. The molecule has 0 heterocycles. The van der Waals surface area contributed by atoms with Gasteiger partial charge in [0.25, 0.3) is 0 Å². The van der Waals surface area contributed by atoms with Crippen molar-refractivity contribution in [1.29, 1.82) is 0 Å². The van der Waals surface area contributed by atoms with Crippen molar-refractivity contribution in [2.24, 2.45) is 5.92 Å². The first-order valence-corrected chi connectivity index (χ1v) is 6.86. The number of urea groups is 1. The Kier molecular flexibility index (Phi) is 6.52. The van der Waals surface area contributed by atoms with Crippen molar-refractivity contribution in [2.75, 3.05) is 19.0 Å². The first-order valence-electron chi connectivity index (χ1n) is 6.86. The zero-order valence-electron chi connectivity index (χ0n) is 12.8. The minimum Gasteiger partial charge on any atom is -0.497 e. The Balaban J connectivity index is 2.67. The van der Waals surface area contributed by atoms with Crippen molar-refractivity contribution in [3.8, 4) is 5.75 Å². The number of carbonyl (C=O) groups is 2. The normalized spacial score (nSPS) is 11.7. The molecule has 116 valence electrons. The molecule has 2 amide bonds. The SMILES string of the molecule is CCOC(=O)C(NC(=O)Nc1cccc(OC)c1)C(C)C. The molecular weight excluding hydrogens is 272 g/mol. The van der Waals surface area contributed by atoms with Crippen LogP contribution in [-0.2, 0) is 9.53 Å².